The van der Waals surface area contributed by atoms with Gasteiger partial charge in [-0.15, -0.1) is 0 Å². The highest BCUT2D eigenvalue weighted by atomic mass is 15.2. The molecule has 5 heteroatoms. The van der Waals surface area contributed by atoms with Crippen LogP contribution in [0.25, 0.3) is 0 Å². The molecule has 0 unspecified atom stereocenters. The van der Waals surface area contributed by atoms with Gasteiger partial charge in [-0.05, 0) is 109 Å². The standard InChI is InChI=1S/C36H57B2N3/c1-26-22-28(3)35(29(4)23-26)37(39-32-16-10-7-11-17-32)41(34-20-14-9-15-21-34)38(40-33-18-12-8-13-19-33)36-30(5)24-27(2)25-31(36)6/h22-25,32-34,39-40H,7-21H2,1-6H3. The van der Waals surface area contributed by atoms with Crippen molar-refractivity contribution in [2.45, 2.75) is 156 Å². The van der Waals surface area contributed by atoms with E-state index in [4.69, 9.17) is 0 Å². The van der Waals surface area contributed by atoms with Gasteiger partial charge in [0.1, 0.15) is 0 Å². The Kier molecular flexibility index (Phi) is 10.8. The number of rotatable bonds is 9. The zero-order valence-corrected chi connectivity index (χ0v) is 27.2. The van der Waals surface area contributed by atoms with E-state index in [1.54, 1.807) is 0 Å². The van der Waals surface area contributed by atoms with Gasteiger partial charge in [0.15, 0.2) is 0 Å². The maximum absolute atomic E-state index is 4.39. The first-order valence-electron chi connectivity index (χ1n) is 17.3. The summed E-state index contributed by atoms with van der Waals surface area (Å²) in [6.07, 6.45) is 20.2. The van der Waals surface area contributed by atoms with Gasteiger partial charge in [0, 0.05) is 0 Å². The zero-order valence-electron chi connectivity index (χ0n) is 27.2. The van der Waals surface area contributed by atoms with Crippen LogP contribution in [0.4, 0.5) is 0 Å². The highest BCUT2D eigenvalue weighted by molar-refractivity contribution is 6.84. The molecule has 0 aliphatic heterocycles. The first kappa shape index (κ1) is 30.9. The Hall–Kier alpha value is -1.55. The maximum atomic E-state index is 4.39. The maximum Gasteiger partial charge on any atom is 0.334 e. The Morgan fingerprint density at radius 1 is 0.488 bits per heavy atom. The van der Waals surface area contributed by atoms with E-state index in [-0.39, 0.29) is 14.0 Å². The van der Waals surface area contributed by atoms with E-state index in [0.29, 0.717) is 18.1 Å². The van der Waals surface area contributed by atoms with Crippen molar-refractivity contribution in [3.63, 3.8) is 0 Å². The molecule has 5 rings (SSSR count). The Morgan fingerprint density at radius 2 is 0.805 bits per heavy atom. The largest absolute Gasteiger partial charge is 0.345 e. The number of hydrogen-bond acceptors (Lipinski definition) is 3. The Morgan fingerprint density at radius 3 is 1.15 bits per heavy atom. The van der Waals surface area contributed by atoms with Crippen LogP contribution in [0.15, 0.2) is 24.3 Å². The van der Waals surface area contributed by atoms with Gasteiger partial charge in [0.25, 0.3) is 0 Å². The average molecular weight is 553 g/mol. The van der Waals surface area contributed by atoms with Crippen LogP contribution < -0.4 is 21.4 Å². The number of nitrogens with zero attached hydrogens (tertiary/aromatic N) is 1. The van der Waals surface area contributed by atoms with Crippen LogP contribution in [0.2, 0.25) is 0 Å². The zero-order chi connectivity index (χ0) is 28.9. The second-order valence-corrected chi connectivity index (χ2v) is 14.2. The predicted molar refractivity (Wildman–Crippen MR) is 181 cm³/mol. The molecule has 41 heavy (non-hydrogen) atoms. The molecule has 2 aromatic carbocycles. The van der Waals surface area contributed by atoms with Crippen LogP contribution >= 0.6 is 0 Å². The fraction of sp³-hybridized carbons (Fsp3) is 0.667. The van der Waals surface area contributed by atoms with Crippen molar-refractivity contribution in [3.05, 3.63) is 57.6 Å². The molecule has 0 heterocycles. The Labute approximate surface area is 253 Å². The van der Waals surface area contributed by atoms with Crippen molar-refractivity contribution >= 4 is 24.9 Å². The van der Waals surface area contributed by atoms with Gasteiger partial charge in [0.05, 0.1) is 0 Å². The van der Waals surface area contributed by atoms with E-state index in [2.05, 4.69) is 81.0 Å². The summed E-state index contributed by atoms with van der Waals surface area (Å²) in [6, 6.07) is 11.5. The van der Waals surface area contributed by atoms with Crippen molar-refractivity contribution in [1.29, 1.82) is 0 Å². The third kappa shape index (κ3) is 7.51. The molecule has 0 saturated heterocycles. The van der Waals surface area contributed by atoms with Crippen molar-refractivity contribution in [1.82, 2.24) is 15.2 Å². The molecule has 3 nitrogen and oxygen atoms in total. The van der Waals surface area contributed by atoms with Crippen molar-refractivity contribution in [3.8, 4) is 0 Å². The first-order chi connectivity index (χ1) is 19.8. The lowest BCUT2D eigenvalue weighted by molar-refractivity contribution is 0.318. The molecule has 0 amide bonds. The quantitative estimate of drug-likeness (QED) is 0.324. The van der Waals surface area contributed by atoms with Gasteiger partial charge in [-0.25, -0.2) is 0 Å². The third-order valence-corrected chi connectivity index (χ3v) is 10.6. The minimum absolute atomic E-state index is 0.211. The van der Waals surface area contributed by atoms with Crippen molar-refractivity contribution in [2.24, 2.45) is 0 Å². The van der Waals surface area contributed by atoms with E-state index in [0.717, 1.165) is 0 Å². The van der Waals surface area contributed by atoms with Gasteiger partial charge in [-0.2, -0.15) is 0 Å². The summed E-state index contributed by atoms with van der Waals surface area (Å²) in [5, 5.41) is 8.79. The summed E-state index contributed by atoms with van der Waals surface area (Å²) in [7, 11) is 0. The van der Waals surface area contributed by atoms with Crippen LogP contribution in [0.1, 0.15) is 130 Å². The monoisotopic (exact) mass is 553 g/mol. The van der Waals surface area contributed by atoms with Crippen LogP contribution in [-0.4, -0.2) is 36.8 Å². The summed E-state index contributed by atoms with van der Waals surface area (Å²) in [5.41, 5.74) is 11.6. The lowest BCUT2D eigenvalue weighted by Crippen LogP contribution is -2.75. The smallest absolute Gasteiger partial charge is 0.334 e. The van der Waals surface area contributed by atoms with Crippen LogP contribution in [-0.2, 0) is 0 Å². The fourth-order valence-corrected chi connectivity index (χ4v) is 8.82. The highest BCUT2D eigenvalue weighted by Gasteiger charge is 2.44. The minimum Gasteiger partial charge on any atom is -0.345 e. The average Bonchev–Trinajstić information content (AvgIpc) is 2.94. The van der Waals surface area contributed by atoms with E-state index in [1.807, 2.05) is 0 Å². The van der Waals surface area contributed by atoms with E-state index < -0.39 is 0 Å². The molecule has 222 valence electrons. The molecule has 0 spiro atoms. The summed E-state index contributed by atoms with van der Waals surface area (Å²) in [6.45, 7) is 14.4. The number of nitrogens with one attached hydrogen (secondary N) is 2. The number of aryl methyl sites for hydroxylation is 6. The highest BCUT2D eigenvalue weighted by Crippen LogP contribution is 2.28. The molecule has 3 aliphatic rings. The topological polar surface area (TPSA) is 27.3 Å². The second-order valence-electron chi connectivity index (χ2n) is 14.2. The summed E-state index contributed by atoms with van der Waals surface area (Å²) in [5.74, 6) is 0. The first-order valence-corrected chi connectivity index (χ1v) is 17.3. The van der Waals surface area contributed by atoms with E-state index >= 15 is 0 Å². The lowest BCUT2D eigenvalue weighted by atomic mass is 9.48. The molecule has 0 aromatic heterocycles. The molecular formula is C36H57B2N3. The van der Waals surface area contributed by atoms with Gasteiger partial charge < -0.3 is 15.2 Å². The predicted octanol–water partition coefficient (Wildman–Crippen LogP) is 7.11. The summed E-state index contributed by atoms with van der Waals surface area (Å²) in [4.78, 5) is 0. The molecular weight excluding hydrogens is 496 g/mol. The molecule has 2 N–H and O–H groups in total. The van der Waals surface area contributed by atoms with Gasteiger partial charge in [-0.1, -0.05) is 115 Å². The van der Waals surface area contributed by atoms with Gasteiger partial charge in [-0.3, -0.25) is 0 Å². The Balaban J connectivity index is 1.68. The minimum atomic E-state index is 0.211. The fourth-order valence-electron chi connectivity index (χ4n) is 8.82. The van der Waals surface area contributed by atoms with Crippen LogP contribution in [0, 0.1) is 41.5 Å². The van der Waals surface area contributed by atoms with Crippen molar-refractivity contribution in [2.75, 3.05) is 0 Å². The molecule has 0 atom stereocenters. The van der Waals surface area contributed by atoms with Crippen LogP contribution in [0.3, 0.4) is 0 Å². The molecule has 2 aromatic rings. The SMILES string of the molecule is Cc1cc(C)c(B(NC2CCCCC2)N(B(NC2CCCCC2)c2c(C)cc(C)cc2C)C2CCCCC2)c(C)c1. The van der Waals surface area contributed by atoms with Crippen LogP contribution in [0.5, 0.6) is 0 Å². The van der Waals surface area contributed by atoms with Gasteiger partial charge in [0.2, 0.25) is 0 Å². The van der Waals surface area contributed by atoms with E-state index in [1.165, 1.54) is 141 Å². The normalized spacial score (nSPS) is 19.6. The van der Waals surface area contributed by atoms with Crippen molar-refractivity contribution < 1.29 is 0 Å². The second kappa shape index (κ2) is 14.3. The Bertz CT molecular complexity index is 1020. The molecule has 3 aliphatic carbocycles. The molecule has 0 bridgehead atoms. The molecule has 3 fully saturated rings. The summed E-state index contributed by atoms with van der Waals surface area (Å²) >= 11 is 0. The number of hydrogen-bond donors (Lipinski definition) is 2. The third-order valence-electron chi connectivity index (χ3n) is 10.6. The molecule has 0 radical (unpaired) electrons. The van der Waals surface area contributed by atoms with E-state index in [9.17, 15) is 0 Å². The summed E-state index contributed by atoms with van der Waals surface area (Å²) < 4.78 is 3.00. The number of benzene rings is 2. The molecule has 3 saturated carbocycles. The lowest BCUT2D eigenvalue weighted by Gasteiger charge is -2.46. The van der Waals surface area contributed by atoms with Gasteiger partial charge >= 0.3 is 14.0 Å².